The summed E-state index contributed by atoms with van der Waals surface area (Å²) in [6, 6.07) is 7.98. The molecule has 0 atom stereocenters. The normalized spacial score (nSPS) is 11.4. The van der Waals surface area contributed by atoms with Crippen molar-refractivity contribution in [3.05, 3.63) is 77.1 Å². The number of carbonyl (C=O) groups is 1. The van der Waals surface area contributed by atoms with E-state index in [4.69, 9.17) is 0 Å². The van der Waals surface area contributed by atoms with E-state index in [9.17, 15) is 18.0 Å². The summed E-state index contributed by atoms with van der Waals surface area (Å²) in [7, 11) is 1.54. The third-order valence-electron chi connectivity index (χ3n) is 3.95. The Morgan fingerprint density at radius 3 is 2.63 bits per heavy atom. The maximum atomic E-state index is 13.2. The molecule has 2 rings (SSSR count). The van der Waals surface area contributed by atoms with Gasteiger partial charge in [0.15, 0.2) is 0 Å². The highest BCUT2D eigenvalue weighted by Crippen LogP contribution is 2.35. The van der Waals surface area contributed by atoms with Crippen LogP contribution in [0.25, 0.3) is 6.08 Å². The minimum atomic E-state index is -4.46. The van der Waals surface area contributed by atoms with E-state index in [1.54, 1.807) is 37.5 Å². The van der Waals surface area contributed by atoms with Gasteiger partial charge in [-0.15, -0.1) is 0 Å². The monoisotopic (exact) mass is 375 g/mol. The predicted molar refractivity (Wildman–Crippen MR) is 100.0 cm³/mol. The van der Waals surface area contributed by atoms with Gasteiger partial charge in [0, 0.05) is 24.5 Å². The van der Waals surface area contributed by atoms with Crippen LogP contribution in [0.4, 0.5) is 18.9 Å². The van der Waals surface area contributed by atoms with Gasteiger partial charge in [-0.05, 0) is 48.4 Å². The third-order valence-corrected chi connectivity index (χ3v) is 3.95. The first-order chi connectivity index (χ1) is 12.7. The Morgan fingerprint density at radius 1 is 1.30 bits per heavy atom. The number of aromatic nitrogens is 1. The van der Waals surface area contributed by atoms with Crippen LogP contribution in [0, 0.1) is 6.92 Å². The first kappa shape index (κ1) is 20.2. The summed E-state index contributed by atoms with van der Waals surface area (Å²) in [4.78, 5) is 16.2. The Balaban J connectivity index is 2.14. The lowest BCUT2D eigenvalue weighted by Gasteiger charge is -2.15. The lowest BCUT2D eigenvalue weighted by atomic mass is 9.99. The van der Waals surface area contributed by atoms with E-state index in [2.05, 4.69) is 22.2 Å². The van der Waals surface area contributed by atoms with Crippen molar-refractivity contribution in [2.75, 3.05) is 12.4 Å². The minimum absolute atomic E-state index is 0.0828. The van der Waals surface area contributed by atoms with Gasteiger partial charge < -0.3 is 10.6 Å². The Labute approximate surface area is 155 Å². The highest BCUT2D eigenvalue weighted by Gasteiger charge is 2.33. The lowest BCUT2D eigenvalue weighted by molar-refractivity contribution is -0.138. The smallest absolute Gasteiger partial charge is 0.388 e. The number of pyridine rings is 1. The van der Waals surface area contributed by atoms with Gasteiger partial charge >= 0.3 is 6.18 Å². The summed E-state index contributed by atoms with van der Waals surface area (Å²) in [5.74, 6) is -0.421. The van der Waals surface area contributed by atoms with E-state index in [1.165, 1.54) is 19.1 Å². The minimum Gasteiger partial charge on any atom is -0.388 e. The zero-order valence-corrected chi connectivity index (χ0v) is 15.0. The van der Waals surface area contributed by atoms with Crippen LogP contribution in [0.15, 0.2) is 54.8 Å². The maximum Gasteiger partial charge on any atom is 0.416 e. The molecule has 7 heteroatoms. The van der Waals surface area contributed by atoms with Crippen LogP contribution in [0.1, 0.15) is 22.4 Å². The van der Waals surface area contributed by atoms with Crippen LogP contribution < -0.4 is 10.6 Å². The van der Waals surface area contributed by atoms with E-state index in [0.717, 1.165) is 6.07 Å². The average Bonchev–Trinajstić information content (AvgIpc) is 2.64. The highest BCUT2D eigenvalue weighted by molar-refractivity contribution is 5.96. The van der Waals surface area contributed by atoms with Crippen molar-refractivity contribution >= 4 is 17.7 Å². The molecule has 0 aliphatic rings. The number of amides is 1. The Kier molecular flexibility index (Phi) is 6.39. The molecule has 4 nitrogen and oxygen atoms in total. The van der Waals surface area contributed by atoms with Crippen molar-refractivity contribution < 1.29 is 18.0 Å². The summed E-state index contributed by atoms with van der Waals surface area (Å²) in [5.41, 5.74) is 0.869. The van der Waals surface area contributed by atoms with Gasteiger partial charge in [0.1, 0.15) is 0 Å². The van der Waals surface area contributed by atoms with Crippen LogP contribution in [-0.2, 0) is 17.5 Å². The van der Waals surface area contributed by atoms with Crippen molar-refractivity contribution in [1.29, 1.82) is 0 Å². The van der Waals surface area contributed by atoms with Gasteiger partial charge in [-0.2, -0.15) is 13.2 Å². The first-order valence-corrected chi connectivity index (χ1v) is 8.17. The van der Waals surface area contributed by atoms with Crippen LogP contribution >= 0.6 is 0 Å². The van der Waals surface area contributed by atoms with Crippen molar-refractivity contribution in [2.45, 2.75) is 19.6 Å². The fraction of sp³-hybridized carbons (Fsp3) is 0.200. The third kappa shape index (κ3) is 5.44. The number of benzene rings is 1. The lowest BCUT2D eigenvalue weighted by Crippen LogP contribution is -2.23. The van der Waals surface area contributed by atoms with Crippen LogP contribution in [0.2, 0.25) is 0 Å². The fourth-order valence-electron chi connectivity index (χ4n) is 2.40. The fourth-order valence-corrected chi connectivity index (χ4v) is 2.40. The molecular weight excluding hydrogens is 355 g/mol. The van der Waals surface area contributed by atoms with Crippen molar-refractivity contribution in [1.82, 2.24) is 10.3 Å². The number of rotatable bonds is 6. The quantitative estimate of drug-likeness (QED) is 0.583. The molecule has 0 saturated heterocycles. The second kappa shape index (κ2) is 8.53. The van der Waals surface area contributed by atoms with Crippen LogP contribution in [0.3, 0.4) is 0 Å². The van der Waals surface area contributed by atoms with Crippen LogP contribution in [0.5, 0.6) is 0 Å². The standard InChI is InChI=1S/C20H20F3N3O/c1-13(19(27)26-12-16-6-4-5-9-25-16)7-8-15-10-17(24-3)11-18(14(15)2)20(21,22)23/h4-11,24H,1,12H2,2-3H3,(H,26,27)/b8-7-. The number of halogens is 3. The second-order valence-corrected chi connectivity index (χ2v) is 5.85. The van der Waals surface area contributed by atoms with E-state index in [-0.39, 0.29) is 17.7 Å². The van der Waals surface area contributed by atoms with Gasteiger partial charge in [-0.1, -0.05) is 18.7 Å². The van der Waals surface area contributed by atoms with E-state index in [1.807, 2.05) is 0 Å². The Bertz CT molecular complexity index is 859. The summed E-state index contributed by atoms with van der Waals surface area (Å²) in [6.07, 6.45) is 0.00631. The van der Waals surface area contributed by atoms with Crippen molar-refractivity contribution in [2.24, 2.45) is 0 Å². The summed E-state index contributed by atoms with van der Waals surface area (Å²) < 4.78 is 39.6. The summed E-state index contributed by atoms with van der Waals surface area (Å²) >= 11 is 0. The van der Waals surface area contributed by atoms with Gasteiger partial charge in [0.25, 0.3) is 5.91 Å². The van der Waals surface area contributed by atoms with Crippen LogP contribution in [-0.4, -0.2) is 17.9 Å². The topological polar surface area (TPSA) is 54.0 Å². The molecule has 2 N–H and O–H groups in total. The number of hydrogen-bond donors (Lipinski definition) is 2. The Morgan fingerprint density at radius 2 is 2.04 bits per heavy atom. The van der Waals surface area contributed by atoms with Gasteiger partial charge in [0.05, 0.1) is 17.8 Å². The number of nitrogens with one attached hydrogen (secondary N) is 2. The zero-order valence-electron chi connectivity index (χ0n) is 15.0. The molecule has 0 unspecified atom stereocenters. The first-order valence-electron chi connectivity index (χ1n) is 8.17. The van der Waals surface area contributed by atoms with Gasteiger partial charge in [-0.3, -0.25) is 9.78 Å². The molecule has 27 heavy (non-hydrogen) atoms. The molecule has 0 saturated carbocycles. The molecule has 1 aromatic heterocycles. The van der Waals surface area contributed by atoms with E-state index < -0.39 is 17.6 Å². The maximum absolute atomic E-state index is 13.2. The van der Waals surface area contributed by atoms with Gasteiger partial charge in [0.2, 0.25) is 0 Å². The molecule has 0 fully saturated rings. The zero-order chi connectivity index (χ0) is 20.0. The summed E-state index contributed by atoms with van der Waals surface area (Å²) in [5, 5.41) is 5.38. The number of alkyl halides is 3. The average molecular weight is 375 g/mol. The predicted octanol–water partition coefficient (Wildman–Crippen LogP) is 4.34. The molecule has 1 heterocycles. The largest absolute Gasteiger partial charge is 0.416 e. The molecule has 0 aliphatic heterocycles. The molecule has 0 aliphatic carbocycles. The van der Waals surface area contributed by atoms with E-state index >= 15 is 0 Å². The van der Waals surface area contributed by atoms with Crippen molar-refractivity contribution in [3.63, 3.8) is 0 Å². The number of carbonyl (C=O) groups excluding carboxylic acids is 1. The second-order valence-electron chi connectivity index (χ2n) is 5.85. The molecule has 142 valence electrons. The van der Waals surface area contributed by atoms with Gasteiger partial charge in [-0.25, -0.2) is 0 Å². The van der Waals surface area contributed by atoms with E-state index in [0.29, 0.717) is 16.9 Å². The molecular formula is C20H20F3N3O. The molecule has 0 bridgehead atoms. The summed E-state index contributed by atoms with van der Waals surface area (Å²) in [6.45, 7) is 5.30. The highest BCUT2D eigenvalue weighted by atomic mass is 19.4. The number of anilines is 1. The number of hydrogen-bond acceptors (Lipinski definition) is 3. The molecule has 1 amide bonds. The van der Waals surface area contributed by atoms with Crippen molar-refractivity contribution in [3.8, 4) is 0 Å². The Hall–Kier alpha value is -3.09. The molecule has 2 aromatic rings. The SMILES string of the molecule is C=C(/C=C\c1cc(NC)cc(C(F)(F)F)c1C)C(=O)NCc1ccccn1. The number of nitrogens with zero attached hydrogens (tertiary/aromatic N) is 1. The molecule has 1 aromatic carbocycles. The molecule has 0 spiro atoms. The molecule has 0 radical (unpaired) electrons.